The zero-order valence-electron chi connectivity index (χ0n) is 12.6. The Morgan fingerprint density at radius 1 is 1.06 bits per heavy atom. The van der Waals surface area contributed by atoms with E-state index >= 15 is 0 Å². The minimum Gasteiger partial charge on any atom is -0.467 e. The first-order chi connectivity index (χ1) is 8.69. The van der Waals surface area contributed by atoms with Gasteiger partial charge in [0.15, 0.2) is 0 Å². The Bertz CT molecular complexity index is 283. The largest absolute Gasteiger partial charge is 0.467 e. The van der Waals surface area contributed by atoms with Gasteiger partial charge in [0.1, 0.15) is 0 Å². The fourth-order valence-corrected chi connectivity index (χ4v) is 1.64. The lowest BCUT2D eigenvalue weighted by Crippen LogP contribution is -1.97. The summed E-state index contributed by atoms with van der Waals surface area (Å²) in [5, 5.41) is 0. The molecule has 0 radical (unpaired) electrons. The van der Waals surface area contributed by atoms with Gasteiger partial charge in [-0.1, -0.05) is 53.4 Å². The van der Waals surface area contributed by atoms with Gasteiger partial charge < -0.3 is 4.74 Å². The Balaban J connectivity index is 0.000000494. The van der Waals surface area contributed by atoms with E-state index in [0.29, 0.717) is 11.9 Å². The molecule has 1 heterocycles. The molecule has 1 rings (SSSR count). The van der Waals surface area contributed by atoms with Gasteiger partial charge in [0.25, 0.3) is 0 Å². The Morgan fingerprint density at radius 3 is 1.94 bits per heavy atom. The number of hydrogen-bond acceptors (Lipinski definition) is 3. The van der Waals surface area contributed by atoms with Crippen LogP contribution in [0, 0.1) is 0 Å². The summed E-state index contributed by atoms with van der Waals surface area (Å²) < 4.78 is 4.89. The summed E-state index contributed by atoms with van der Waals surface area (Å²) in [6, 6.07) is 0.437. The van der Waals surface area contributed by atoms with Crippen LogP contribution < -0.4 is 4.74 Å². The summed E-state index contributed by atoms with van der Waals surface area (Å²) in [7, 11) is 1.57. The predicted molar refractivity (Wildman–Crippen MR) is 77.1 cm³/mol. The summed E-state index contributed by atoms with van der Waals surface area (Å²) in [6.07, 6.45) is 10.1. The lowest BCUT2D eigenvalue weighted by Gasteiger charge is -2.08. The van der Waals surface area contributed by atoms with Crippen molar-refractivity contribution < 1.29 is 4.74 Å². The Labute approximate surface area is 112 Å². The highest BCUT2D eigenvalue weighted by atomic mass is 16.5. The van der Waals surface area contributed by atoms with Gasteiger partial charge in [-0.25, -0.2) is 9.97 Å². The van der Waals surface area contributed by atoms with Crippen LogP contribution in [-0.2, 0) is 0 Å². The quantitative estimate of drug-likeness (QED) is 0.743. The molecule has 0 N–H and O–H groups in total. The van der Waals surface area contributed by atoms with Crippen LogP contribution in [0.3, 0.4) is 0 Å². The molecule has 0 aliphatic carbocycles. The molecule has 1 aromatic heterocycles. The van der Waals surface area contributed by atoms with Gasteiger partial charge in [-0.2, -0.15) is 0 Å². The normalized spacial score (nSPS) is 11.4. The molecule has 0 fully saturated rings. The van der Waals surface area contributed by atoms with Crippen LogP contribution in [0.2, 0.25) is 0 Å². The lowest BCUT2D eigenvalue weighted by atomic mass is 10.00. The van der Waals surface area contributed by atoms with E-state index in [-0.39, 0.29) is 0 Å². The number of methoxy groups -OCH3 is 1. The smallest absolute Gasteiger partial charge is 0.316 e. The summed E-state index contributed by atoms with van der Waals surface area (Å²) >= 11 is 0. The van der Waals surface area contributed by atoms with Crippen molar-refractivity contribution in [3.05, 3.63) is 18.0 Å². The van der Waals surface area contributed by atoms with Crippen molar-refractivity contribution in [3.63, 3.8) is 0 Å². The highest BCUT2D eigenvalue weighted by molar-refractivity contribution is 5.12. The second-order valence-corrected chi connectivity index (χ2v) is 4.55. The van der Waals surface area contributed by atoms with Crippen molar-refractivity contribution in [3.8, 4) is 6.01 Å². The molecule has 3 heteroatoms. The van der Waals surface area contributed by atoms with E-state index in [1.165, 1.54) is 37.7 Å². The molecular weight excluding hydrogens is 224 g/mol. The average Bonchev–Trinajstić information content (AvgIpc) is 2.41. The first-order valence-corrected chi connectivity index (χ1v) is 7.05. The average molecular weight is 252 g/mol. The molecule has 104 valence electrons. The number of rotatable bonds is 6. The zero-order valence-corrected chi connectivity index (χ0v) is 12.6. The lowest BCUT2D eigenvalue weighted by molar-refractivity contribution is 0.379. The molecule has 3 nitrogen and oxygen atoms in total. The number of ether oxygens (including phenoxy) is 1. The number of aromatic nitrogens is 2. The van der Waals surface area contributed by atoms with Crippen LogP contribution in [0.1, 0.15) is 71.3 Å². The zero-order chi connectivity index (χ0) is 13.8. The van der Waals surface area contributed by atoms with Gasteiger partial charge in [0.2, 0.25) is 0 Å². The van der Waals surface area contributed by atoms with Gasteiger partial charge in [0, 0.05) is 12.4 Å². The van der Waals surface area contributed by atoms with Crippen molar-refractivity contribution in [1.82, 2.24) is 9.97 Å². The third-order valence-electron chi connectivity index (χ3n) is 2.83. The van der Waals surface area contributed by atoms with Crippen molar-refractivity contribution in [2.45, 2.75) is 65.7 Å². The molecule has 1 aromatic rings. The van der Waals surface area contributed by atoms with Gasteiger partial charge in [-0.15, -0.1) is 0 Å². The molecule has 18 heavy (non-hydrogen) atoms. The fraction of sp³-hybridized carbons (Fsp3) is 0.733. The molecule has 1 atom stereocenters. The first kappa shape index (κ1) is 16.9. The Morgan fingerprint density at radius 2 is 1.61 bits per heavy atom. The van der Waals surface area contributed by atoms with E-state index < -0.39 is 0 Å². The third kappa shape index (κ3) is 7.25. The Kier molecular flexibility index (Phi) is 10.3. The second-order valence-electron chi connectivity index (χ2n) is 4.55. The highest BCUT2D eigenvalue weighted by Crippen LogP contribution is 2.19. The van der Waals surface area contributed by atoms with Gasteiger partial charge in [-0.05, 0) is 17.9 Å². The standard InChI is InChI=1S/C10H16N2O.C5H12/c1-4-5-8(2)9-6-11-10(13-3)12-7-9;1-3-5-4-2/h6-8H,4-5H2,1-3H3;3-5H2,1-2H3. The second kappa shape index (κ2) is 11.0. The molecule has 0 saturated heterocycles. The SMILES string of the molecule is CCCC(C)c1cnc(OC)nc1.CCCCC. The van der Waals surface area contributed by atoms with Crippen LogP contribution in [0.4, 0.5) is 0 Å². The van der Waals surface area contributed by atoms with Gasteiger partial charge in [0.05, 0.1) is 7.11 Å². The van der Waals surface area contributed by atoms with Crippen LogP contribution >= 0.6 is 0 Å². The van der Waals surface area contributed by atoms with Gasteiger partial charge >= 0.3 is 6.01 Å². The third-order valence-corrected chi connectivity index (χ3v) is 2.83. The summed E-state index contributed by atoms with van der Waals surface area (Å²) in [5.41, 5.74) is 1.18. The number of unbranched alkanes of at least 4 members (excludes halogenated alkanes) is 2. The van der Waals surface area contributed by atoms with E-state index in [2.05, 4.69) is 37.7 Å². The maximum atomic E-state index is 4.89. The van der Waals surface area contributed by atoms with Crippen molar-refractivity contribution in [2.75, 3.05) is 7.11 Å². The minimum atomic E-state index is 0.437. The van der Waals surface area contributed by atoms with Crippen LogP contribution in [0.25, 0.3) is 0 Å². The summed E-state index contributed by atoms with van der Waals surface area (Å²) in [6.45, 7) is 8.79. The number of nitrogens with zero attached hydrogens (tertiary/aromatic N) is 2. The van der Waals surface area contributed by atoms with E-state index in [1.54, 1.807) is 7.11 Å². The van der Waals surface area contributed by atoms with E-state index in [1.807, 2.05) is 12.4 Å². The predicted octanol–water partition coefficient (Wildman–Crippen LogP) is 4.59. The maximum absolute atomic E-state index is 4.89. The highest BCUT2D eigenvalue weighted by Gasteiger charge is 2.05. The molecule has 1 unspecified atom stereocenters. The molecule has 0 spiro atoms. The number of hydrogen-bond donors (Lipinski definition) is 0. The van der Waals surface area contributed by atoms with Crippen molar-refractivity contribution in [2.24, 2.45) is 0 Å². The molecule has 0 bridgehead atoms. The van der Waals surface area contributed by atoms with Crippen LogP contribution in [-0.4, -0.2) is 17.1 Å². The van der Waals surface area contributed by atoms with Crippen molar-refractivity contribution >= 4 is 0 Å². The minimum absolute atomic E-state index is 0.437. The topological polar surface area (TPSA) is 35.0 Å². The van der Waals surface area contributed by atoms with E-state index in [9.17, 15) is 0 Å². The first-order valence-electron chi connectivity index (χ1n) is 7.05. The molecule has 0 aliphatic rings. The van der Waals surface area contributed by atoms with Crippen LogP contribution in [0.15, 0.2) is 12.4 Å². The molecule has 0 saturated carbocycles. The summed E-state index contributed by atoms with van der Waals surface area (Å²) in [4.78, 5) is 8.13. The Hall–Kier alpha value is -1.12. The fourth-order valence-electron chi connectivity index (χ4n) is 1.64. The van der Waals surface area contributed by atoms with Crippen LogP contribution in [0.5, 0.6) is 6.01 Å². The molecule has 0 aromatic carbocycles. The maximum Gasteiger partial charge on any atom is 0.316 e. The van der Waals surface area contributed by atoms with Gasteiger partial charge in [-0.3, -0.25) is 0 Å². The molecule has 0 aliphatic heterocycles. The van der Waals surface area contributed by atoms with E-state index in [0.717, 1.165) is 0 Å². The molecule has 0 amide bonds. The van der Waals surface area contributed by atoms with Crippen molar-refractivity contribution in [1.29, 1.82) is 0 Å². The van der Waals surface area contributed by atoms with E-state index in [4.69, 9.17) is 4.74 Å². The summed E-state index contributed by atoms with van der Waals surface area (Å²) in [5.74, 6) is 0.538. The molecular formula is C15H28N2O. The monoisotopic (exact) mass is 252 g/mol.